The summed E-state index contributed by atoms with van der Waals surface area (Å²) in [5.74, 6) is -1.05. The highest BCUT2D eigenvalue weighted by Gasteiger charge is 2.10. The van der Waals surface area contributed by atoms with Crippen LogP contribution in [0.25, 0.3) is 11.0 Å². The predicted molar refractivity (Wildman–Crippen MR) is 92.0 cm³/mol. The Kier molecular flexibility index (Phi) is 4.48. The molecule has 0 aliphatic carbocycles. The average Bonchev–Trinajstić information content (AvgIpc) is 2.92. The Labute approximate surface area is 144 Å². The monoisotopic (exact) mass is 389 g/mol. The van der Waals surface area contributed by atoms with Gasteiger partial charge in [-0.15, -0.1) is 0 Å². The fourth-order valence-corrected chi connectivity index (χ4v) is 2.37. The van der Waals surface area contributed by atoms with Crippen molar-refractivity contribution in [1.29, 1.82) is 0 Å². The lowest BCUT2D eigenvalue weighted by Crippen LogP contribution is -2.20. The van der Waals surface area contributed by atoms with Crippen molar-refractivity contribution in [3.05, 3.63) is 63.0 Å². The molecule has 2 aromatic carbocycles. The van der Waals surface area contributed by atoms with E-state index in [0.29, 0.717) is 22.3 Å². The molecule has 3 rings (SSSR count). The van der Waals surface area contributed by atoms with Gasteiger partial charge in [-0.3, -0.25) is 4.79 Å². The Morgan fingerprint density at radius 3 is 2.50 bits per heavy atom. The third-order valence-electron chi connectivity index (χ3n) is 3.21. The van der Waals surface area contributed by atoms with Crippen LogP contribution in [0.15, 0.2) is 51.7 Å². The molecule has 0 aliphatic heterocycles. The van der Waals surface area contributed by atoms with Gasteiger partial charge in [0.25, 0.3) is 5.91 Å². The summed E-state index contributed by atoms with van der Waals surface area (Å²) in [4.78, 5) is 40.1. The summed E-state index contributed by atoms with van der Waals surface area (Å²) in [6, 6.07) is 11.5. The summed E-state index contributed by atoms with van der Waals surface area (Å²) in [6.45, 7) is -0.406. The Balaban J connectivity index is 1.59. The second-order valence-electron chi connectivity index (χ2n) is 4.97. The molecule has 1 amide bonds. The average molecular weight is 390 g/mol. The smallest absolute Gasteiger partial charge is 0.338 e. The third-order valence-corrected chi connectivity index (χ3v) is 3.74. The Bertz CT molecular complexity index is 959. The Hall–Kier alpha value is -2.87. The number of halogens is 1. The van der Waals surface area contributed by atoms with Gasteiger partial charge in [0.15, 0.2) is 6.61 Å². The van der Waals surface area contributed by atoms with Crippen LogP contribution in [-0.4, -0.2) is 28.5 Å². The molecule has 0 unspecified atom stereocenters. The van der Waals surface area contributed by atoms with Crippen molar-refractivity contribution in [3.8, 4) is 0 Å². The van der Waals surface area contributed by atoms with Gasteiger partial charge in [-0.2, -0.15) is 0 Å². The number of imidazole rings is 1. The molecule has 1 aromatic heterocycles. The molecule has 0 saturated carbocycles. The number of aromatic amines is 2. The predicted octanol–water partition coefficient (Wildman–Crippen LogP) is 2.41. The number of esters is 1. The molecule has 0 aliphatic rings. The fraction of sp³-hybridized carbons (Fsp3) is 0.0625. The number of hydrogen-bond donors (Lipinski definition) is 3. The summed E-state index contributed by atoms with van der Waals surface area (Å²) < 4.78 is 5.81. The van der Waals surface area contributed by atoms with Crippen LogP contribution >= 0.6 is 15.9 Å². The van der Waals surface area contributed by atoms with Crippen molar-refractivity contribution >= 4 is 44.5 Å². The maximum atomic E-state index is 11.9. The topological polar surface area (TPSA) is 104 Å². The Morgan fingerprint density at radius 2 is 1.75 bits per heavy atom. The van der Waals surface area contributed by atoms with Crippen molar-refractivity contribution in [3.63, 3.8) is 0 Å². The van der Waals surface area contributed by atoms with Gasteiger partial charge in [0, 0.05) is 10.2 Å². The SMILES string of the molecule is O=C(COC(=O)c1ccc(Br)cc1)Nc1ccc2[nH]c(=O)[nH]c2c1. The van der Waals surface area contributed by atoms with Crippen molar-refractivity contribution in [2.45, 2.75) is 0 Å². The molecule has 0 atom stereocenters. The molecule has 0 spiro atoms. The lowest BCUT2D eigenvalue weighted by Gasteiger charge is -2.07. The van der Waals surface area contributed by atoms with Crippen molar-refractivity contribution < 1.29 is 14.3 Å². The minimum Gasteiger partial charge on any atom is -0.452 e. The molecule has 0 radical (unpaired) electrons. The van der Waals surface area contributed by atoms with Gasteiger partial charge in [-0.05, 0) is 42.5 Å². The quantitative estimate of drug-likeness (QED) is 0.595. The lowest BCUT2D eigenvalue weighted by molar-refractivity contribution is -0.119. The molecule has 0 fully saturated rings. The molecule has 0 bridgehead atoms. The van der Waals surface area contributed by atoms with Crippen molar-refractivity contribution in [2.24, 2.45) is 0 Å². The van der Waals surface area contributed by atoms with E-state index in [1.54, 1.807) is 42.5 Å². The summed E-state index contributed by atoms with van der Waals surface area (Å²) >= 11 is 3.27. The number of H-pyrrole nitrogens is 2. The van der Waals surface area contributed by atoms with E-state index in [2.05, 4.69) is 31.2 Å². The highest BCUT2D eigenvalue weighted by Crippen LogP contribution is 2.14. The maximum Gasteiger partial charge on any atom is 0.338 e. The first-order valence-corrected chi connectivity index (χ1v) is 7.75. The zero-order valence-electron chi connectivity index (χ0n) is 12.3. The van der Waals surface area contributed by atoms with E-state index < -0.39 is 18.5 Å². The van der Waals surface area contributed by atoms with Gasteiger partial charge in [0.1, 0.15) is 0 Å². The van der Waals surface area contributed by atoms with E-state index in [1.165, 1.54) is 0 Å². The zero-order valence-corrected chi connectivity index (χ0v) is 13.8. The summed E-state index contributed by atoms with van der Waals surface area (Å²) in [7, 11) is 0. The van der Waals surface area contributed by atoms with E-state index in [0.717, 1.165) is 4.47 Å². The first-order valence-electron chi connectivity index (χ1n) is 6.96. The number of ether oxygens (including phenoxy) is 1. The molecule has 3 aromatic rings. The molecule has 1 heterocycles. The zero-order chi connectivity index (χ0) is 17.1. The highest BCUT2D eigenvalue weighted by atomic mass is 79.9. The molecule has 122 valence electrons. The van der Waals surface area contributed by atoms with Crippen LogP contribution in [0.3, 0.4) is 0 Å². The van der Waals surface area contributed by atoms with Crippen LogP contribution in [-0.2, 0) is 9.53 Å². The number of nitrogens with one attached hydrogen (secondary N) is 3. The normalized spacial score (nSPS) is 10.5. The number of fused-ring (bicyclic) bond motifs is 1. The van der Waals surface area contributed by atoms with Crippen LogP contribution in [0.1, 0.15) is 10.4 Å². The lowest BCUT2D eigenvalue weighted by atomic mass is 10.2. The number of anilines is 1. The van der Waals surface area contributed by atoms with Crippen molar-refractivity contribution in [2.75, 3.05) is 11.9 Å². The van der Waals surface area contributed by atoms with E-state index >= 15 is 0 Å². The first kappa shape index (κ1) is 16.0. The van der Waals surface area contributed by atoms with E-state index in [9.17, 15) is 14.4 Å². The Morgan fingerprint density at radius 1 is 1.04 bits per heavy atom. The van der Waals surface area contributed by atoms with Gasteiger partial charge in [-0.1, -0.05) is 15.9 Å². The van der Waals surface area contributed by atoms with Gasteiger partial charge in [0.2, 0.25) is 0 Å². The van der Waals surface area contributed by atoms with Gasteiger partial charge >= 0.3 is 11.7 Å². The standard InChI is InChI=1S/C16H12BrN3O4/c17-10-3-1-9(2-4-10)15(22)24-8-14(21)18-11-5-6-12-13(7-11)20-16(23)19-12/h1-7H,8H2,(H,18,21)(H2,19,20,23). The number of carbonyl (C=O) groups is 2. The number of rotatable bonds is 4. The molecule has 24 heavy (non-hydrogen) atoms. The van der Waals surface area contributed by atoms with Crippen LogP contribution in [0, 0.1) is 0 Å². The summed E-state index contributed by atoms with van der Waals surface area (Å²) in [6.07, 6.45) is 0. The van der Waals surface area contributed by atoms with Crippen LogP contribution in [0.2, 0.25) is 0 Å². The number of benzene rings is 2. The fourth-order valence-electron chi connectivity index (χ4n) is 2.11. The number of hydrogen-bond acceptors (Lipinski definition) is 4. The van der Waals surface area contributed by atoms with Crippen LogP contribution < -0.4 is 11.0 Å². The van der Waals surface area contributed by atoms with Gasteiger partial charge in [0.05, 0.1) is 16.6 Å². The minimum atomic E-state index is -0.580. The van der Waals surface area contributed by atoms with Crippen LogP contribution in [0.5, 0.6) is 0 Å². The third kappa shape index (κ3) is 3.72. The number of aromatic nitrogens is 2. The largest absolute Gasteiger partial charge is 0.452 e. The van der Waals surface area contributed by atoms with Gasteiger partial charge in [-0.25, -0.2) is 9.59 Å². The van der Waals surface area contributed by atoms with E-state index in [1.807, 2.05) is 0 Å². The minimum absolute atomic E-state index is 0.322. The summed E-state index contributed by atoms with van der Waals surface area (Å²) in [5, 5.41) is 2.60. The molecular weight excluding hydrogens is 378 g/mol. The van der Waals surface area contributed by atoms with Crippen molar-refractivity contribution in [1.82, 2.24) is 9.97 Å². The van der Waals surface area contributed by atoms with E-state index in [4.69, 9.17) is 4.74 Å². The number of carbonyl (C=O) groups excluding carboxylic acids is 2. The number of amides is 1. The second kappa shape index (κ2) is 6.71. The first-order chi connectivity index (χ1) is 11.5. The summed E-state index contributed by atoms with van der Waals surface area (Å²) in [5.41, 5.74) is 1.74. The molecule has 3 N–H and O–H groups in total. The van der Waals surface area contributed by atoms with Gasteiger partial charge < -0.3 is 20.0 Å². The maximum absolute atomic E-state index is 11.9. The van der Waals surface area contributed by atoms with Crippen LogP contribution in [0.4, 0.5) is 5.69 Å². The molecule has 8 heteroatoms. The molecular formula is C16H12BrN3O4. The highest BCUT2D eigenvalue weighted by molar-refractivity contribution is 9.10. The molecule has 0 saturated heterocycles. The van der Waals surface area contributed by atoms with E-state index in [-0.39, 0.29) is 5.69 Å². The molecule has 7 nitrogen and oxygen atoms in total. The second-order valence-corrected chi connectivity index (χ2v) is 5.89.